The van der Waals surface area contributed by atoms with Crippen molar-refractivity contribution in [3.8, 4) is 0 Å². The molecule has 1 amide bonds. The summed E-state index contributed by atoms with van der Waals surface area (Å²) in [5.74, 6) is 0.0956. The first-order valence-electron chi connectivity index (χ1n) is 6.41. The number of nitrogens with zero attached hydrogens (tertiary/aromatic N) is 1. The minimum Gasteiger partial charge on any atom is -0.334 e. The smallest absolute Gasteiger partial charge is 0.254 e. The highest BCUT2D eigenvalue weighted by Crippen LogP contribution is 2.22. The van der Waals surface area contributed by atoms with Crippen molar-refractivity contribution < 1.29 is 4.79 Å². The van der Waals surface area contributed by atoms with Gasteiger partial charge in [-0.15, -0.1) is 12.4 Å². The van der Waals surface area contributed by atoms with Crippen LogP contribution < -0.4 is 5.73 Å². The summed E-state index contributed by atoms with van der Waals surface area (Å²) in [6, 6.07) is 7.75. The fourth-order valence-corrected chi connectivity index (χ4v) is 2.94. The third-order valence-corrected chi connectivity index (χ3v) is 3.98. The zero-order valence-electron chi connectivity index (χ0n) is 11.0. The molecule has 3 nitrogen and oxygen atoms in total. The van der Waals surface area contributed by atoms with Crippen LogP contribution in [0.25, 0.3) is 0 Å². The predicted octanol–water partition coefficient (Wildman–Crippen LogP) is 3.21. The van der Waals surface area contributed by atoms with Gasteiger partial charge >= 0.3 is 0 Å². The van der Waals surface area contributed by atoms with Gasteiger partial charge in [0.25, 0.3) is 5.91 Å². The van der Waals surface area contributed by atoms with Crippen LogP contribution in [0.15, 0.2) is 28.7 Å². The Bertz CT molecular complexity index is 439. The van der Waals surface area contributed by atoms with E-state index in [1.165, 1.54) is 0 Å². The molecule has 1 saturated heterocycles. The van der Waals surface area contributed by atoms with E-state index in [9.17, 15) is 4.79 Å². The molecule has 5 heteroatoms. The number of carbonyl (C=O) groups is 1. The molecule has 1 aliphatic heterocycles. The summed E-state index contributed by atoms with van der Waals surface area (Å²) in [7, 11) is 0. The lowest BCUT2D eigenvalue weighted by atomic mass is 9.96. The maximum atomic E-state index is 12.5. The zero-order valence-corrected chi connectivity index (χ0v) is 13.4. The summed E-state index contributed by atoms with van der Waals surface area (Å²) in [5.41, 5.74) is 6.73. The second-order valence-corrected chi connectivity index (χ2v) is 5.85. The summed E-state index contributed by atoms with van der Waals surface area (Å²) < 4.78 is 0.933. The van der Waals surface area contributed by atoms with Crippen molar-refractivity contribution in [2.75, 3.05) is 6.54 Å². The largest absolute Gasteiger partial charge is 0.334 e. The number of nitrogens with two attached hydrogens (primary N) is 1. The predicted molar refractivity (Wildman–Crippen MR) is 83.7 cm³/mol. The lowest BCUT2D eigenvalue weighted by molar-refractivity contribution is 0.0584. The molecular formula is C14H20BrClN2O. The van der Waals surface area contributed by atoms with Crippen molar-refractivity contribution in [2.24, 2.45) is 5.73 Å². The van der Waals surface area contributed by atoms with E-state index in [0.717, 1.165) is 35.8 Å². The van der Waals surface area contributed by atoms with Crippen LogP contribution in [-0.4, -0.2) is 29.4 Å². The second kappa shape index (κ2) is 7.27. The van der Waals surface area contributed by atoms with Crippen LogP contribution >= 0.6 is 28.3 Å². The molecule has 19 heavy (non-hydrogen) atoms. The first-order valence-corrected chi connectivity index (χ1v) is 7.21. The van der Waals surface area contributed by atoms with Crippen LogP contribution in [0, 0.1) is 0 Å². The van der Waals surface area contributed by atoms with Gasteiger partial charge in [-0.3, -0.25) is 4.79 Å². The number of hydrogen-bond donors (Lipinski definition) is 1. The van der Waals surface area contributed by atoms with Gasteiger partial charge in [0.15, 0.2) is 0 Å². The van der Waals surface area contributed by atoms with Gasteiger partial charge in [0, 0.05) is 28.7 Å². The molecule has 106 valence electrons. The fourth-order valence-electron chi connectivity index (χ4n) is 2.54. The van der Waals surface area contributed by atoms with Crippen LogP contribution in [0.2, 0.25) is 0 Å². The van der Waals surface area contributed by atoms with Crippen molar-refractivity contribution >= 4 is 34.2 Å². The van der Waals surface area contributed by atoms with Gasteiger partial charge in [-0.25, -0.2) is 0 Å². The number of halogens is 2. The Labute approximate surface area is 129 Å². The Balaban J connectivity index is 0.00000180. The molecule has 0 bridgehead atoms. The fraction of sp³-hybridized carbons (Fsp3) is 0.500. The SMILES string of the molecule is CC(N)C1CCCCN1C(=O)c1cccc(Br)c1.Cl. The molecule has 1 aliphatic rings. The second-order valence-electron chi connectivity index (χ2n) is 4.93. The molecule has 2 rings (SSSR count). The van der Waals surface area contributed by atoms with Gasteiger partial charge in [0.1, 0.15) is 0 Å². The summed E-state index contributed by atoms with van der Waals surface area (Å²) in [4.78, 5) is 14.5. The third-order valence-electron chi connectivity index (χ3n) is 3.49. The molecule has 1 aromatic rings. The van der Waals surface area contributed by atoms with Gasteiger partial charge in [-0.05, 0) is 44.4 Å². The summed E-state index contributed by atoms with van der Waals surface area (Å²) in [6.07, 6.45) is 3.24. The highest BCUT2D eigenvalue weighted by Gasteiger charge is 2.29. The molecule has 0 saturated carbocycles. The van der Waals surface area contributed by atoms with Crippen molar-refractivity contribution in [1.29, 1.82) is 0 Å². The number of rotatable bonds is 2. The molecular weight excluding hydrogens is 328 g/mol. The Hall–Kier alpha value is -0.580. The lowest BCUT2D eigenvalue weighted by Crippen LogP contribution is -2.51. The van der Waals surface area contributed by atoms with Gasteiger partial charge < -0.3 is 10.6 Å². The molecule has 0 aliphatic carbocycles. The first-order chi connectivity index (χ1) is 8.59. The van der Waals surface area contributed by atoms with Crippen LogP contribution in [0.1, 0.15) is 36.5 Å². The monoisotopic (exact) mass is 346 g/mol. The van der Waals surface area contributed by atoms with E-state index in [1.807, 2.05) is 36.1 Å². The number of amides is 1. The summed E-state index contributed by atoms with van der Waals surface area (Å²) in [6.45, 7) is 2.80. The lowest BCUT2D eigenvalue weighted by Gasteiger charge is -2.38. The van der Waals surface area contributed by atoms with E-state index < -0.39 is 0 Å². The average Bonchev–Trinajstić information content (AvgIpc) is 2.38. The number of piperidine rings is 1. The molecule has 2 atom stereocenters. The normalized spacial score (nSPS) is 20.6. The molecule has 0 spiro atoms. The number of likely N-dealkylation sites (tertiary alicyclic amines) is 1. The Kier molecular flexibility index (Phi) is 6.30. The molecule has 1 fully saturated rings. The number of benzene rings is 1. The Morgan fingerprint density at radius 2 is 2.21 bits per heavy atom. The molecule has 0 aromatic heterocycles. The highest BCUT2D eigenvalue weighted by molar-refractivity contribution is 9.10. The van der Waals surface area contributed by atoms with Crippen LogP contribution in [0.5, 0.6) is 0 Å². The van der Waals surface area contributed by atoms with E-state index in [2.05, 4.69) is 15.9 Å². The van der Waals surface area contributed by atoms with Crippen molar-refractivity contribution in [2.45, 2.75) is 38.3 Å². The zero-order chi connectivity index (χ0) is 13.1. The van der Waals surface area contributed by atoms with E-state index in [0.29, 0.717) is 0 Å². The van der Waals surface area contributed by atoms with E-state index in [-0.39, 0.29) is 30.4 Å². The Morgan fingerprint density at radius 1 is 1.47 bits per heavy atom. The molecule has 1 aromatic carbocycles. The summed E-state index contributed by atoms with van der Waals surface area (Å²) >= 11 is 3.40. The maximum absolute atomic E-state index is 12.5. The van der Waals surface area contributed by atoms with Gasteiger partial charge in [-0.2, -0.15) is 0 Å². The maximum Gasteiger partial charge on any atom is 0.254 e. The summed E-state index contributed by atoms with van der Waals surface area (Å²) in [5, 5.41) is 0. The quantitative estimate of drug-likeness (QED) is 0.893. The minimum absolute atomic E-state index is 0. The number of carbonyl (C=O) groups excluding carboxylic acids is 1. The average molecular weight is 348 g/mol. The van der Waals surface area contributed by atoms with Crippen molar-refractivity contribution in [1.82, 2.24) is 4.90 Å². The van der Waals surface area contributed by atoms with Gasteiger partial charge in [0.2, 0.25) is 0 Å². The van der Waals surface area contributed by atoms with Crippen molar-refractivity contribution in [3.05, 3.63) is 34.3 Å². The van der Waals surface area contributed by atoms with E-state index >= 15 is 0 Å². The molecule has 2 N–H and O–H groups in total. The topological polar surface area (TPSA) is 46.3 Å². The Morgan fingerprint density at radius 3 is 2.84 bits per heavy atom. The third kappa shape index (κ3) is 3.94. The van der Waals surface area contributed by atoms with Crippen LogP contribution in [0.4, 0.5) is 0 Å². The van der Waals surface area contributed by atoms with E-state index in [4.69, 9.17) is 5.73 Å². The molecule has 2 unspecified atom stereocenters. The standard InChI is InChI=1S/C14H19BrN2O.ClH/c1-10(16)13-7-2-3-8-17(13)14(18)11-5-4-6-12(15)9-11;/h4-6,9-10,13H,2-3,7-8,16H2,1H3;1H. The van der Waals surface area contributed by atoms with Gasteiger partial charge in [-0.1, -0.05) is 22.0 Å². The van der Waals surface area contributed by atoms with Crippen LogP contribution in [-0.2, 0) is 0 Å². The first kappa shape index (κ1) is 16.5. The molecule has 0 radical (unpaired) electrons. The highest BCUT2D eigenvalue weighted by atomic mass is 79.9. The number of hydrogen-bond acceptors (Lipinski definition) is 2. The minimum atomic E-state index is 0. The molecule has 1 heterocycles. The van der Waals surface area contributed by atoms with E-state index in [1.54, 1.807) is 0 Å². The van der Waals surface area contributed by atoms with Crippen molar-refractivity contribution in [3.63, 3.8) is 0 Å². The van der Waals surface area contributed by atoms with Crippen LogP contribution in [0.3, 0.4) is 0 Å². The van der Waals surface area contributed by atoms with Gasteiger partial charge in [0.05, 0.1) is 0 Å².